The van der Waals surface area contributed by atoms with Crippen molar-refractivity contribution in [2.45, 2.75) is 45.3 Å². The number of likely N-dealkylation sites (tertiary alicyclic amines) is 1. The Morgan fingerprint density at radius 2 is 2.07 bits per heavy atom. The fourth-order valence-electron chi connectivity index (χ4n) is 1.45. The van der Waals surface area contributed by atoms with Crippen molar-refractivity contribution in [1.82, 2.24) is 4.90 Å². The summed E-state index contributed by atoms with van der Waals surface area (Å²) in [5, 5.41) is 0. The van der Waals surface area contributed by atoms with Gasteiger partial charge in [-0.3, -0.25) is 4.79 Å². The minimum Gasteiger partial charge on any atom is -0.444 e. The molecule has 2 amide bonds. The van der Waals surface area contributed by atoms with Gasteiger partial charge in [0.15, 0.2) is 0 Å². The van der Waals surface area contributed by atoms with E-state index in [-0.39, 0.29) is 24.5 Å². The maximum absolute atomic E-state index is 11.6. The van der Waals surface area contributed by atoms with Gasteiger partial charge in [0.05, 0.1) is 0 Å². The average Bonchev–Trinajstić information content (AvgIpc) is 1.93. The molecular formula is C10H18N2O3. The second-order valence-electron chi connectivity index (χ2n) is 4.79. The van der Waals surface area contributed by atoms with Gasteiger partial charge in [-0.15, -0.1) is 0 Å². The summed E-state index contributed by atoms with van der Waals surface area (Å²) < 4.78 is 5.19. The Bertz CT molecular complexity index is 270. The number of carbonyl (C=O) groups is 2. The zero-order valence-electron chi connectivity index (χ0n) is 9.45. The van der Waals surface area contributed by atoms with Gasteiger partial charge < -0.3 is 15.4 Å². The smallest absolute Gasteiger partial charge is 0.410 e. The summed E-state index contributed by atoms with van der Waals surface area (Å²) in [5.74, 6) is -0.381. The van der Waals surface area contributed by atoms with Crippen LogP contribution in [-0.2, 0) is 9.53 Å². The minimum atomic E-state index is -0.496. The van der Waals surface area contributed by atoms with Crippen molar-refractivity contribution in [3.8, 4) is 0 Å². The van der Waals surface area contributed by atoms with Crippen LogP contribution in [0.3, 0.4) is 0 Å². The molecular weight excluding hydrogens is 196 g/mol. The standard InChI is InChI=1S/C10H18N2O3/c1-10(2,3)15-9(14)12-5-4-7(12)6-8(11)13/h7H,4-6H2,1-3H3,(H2,11,13). The summed E-state index contributed by atoms with van der Waals surface area (Å²) in [6, 6.07) is -0.0719. The summed E-state index contributed by atoms with van der Waals surface area (Å²) in [4.78, 5) is 23.8. The van der Waals surface area contributed by atoms with E-state index in [9.17, 15) is 9.59 Å². The van der Waals surface area contributed by atoms with E-state index < -0.39 is 5.60 Å². The largest absolute Gasteiger partial charge is 0.444 e. The zero-order valence-corrected chi connectivity index (χ0v) is 9.45. The molecule has 1 aliphatic heterocycles. The first-order valence-corrected chi connectivity index (χ1v) is 5.07. The maximum atomic E-state index is 11.6. The van der Waals surface area contributed by atoms with Crippen LogP contribution in [0.25, 0.3) is 0 Å². The van der Waals surface area contributed by atoms with Gasteiger partial charge in [-0.1, -0.05) is 0 Å². The van der Waals surface area contributed by atoms with E-state index in [1.165, 1.54) is 0 Å². The quantitative estimate of drug-likeness (QED) is 0.741. The summed E-state index contributed by atoms with van der Waals surface area (Å²) in [6.07, 6.45) is 0.682. The molecule has 5 heteroatoms. The summed E-state index contributed by atoms with van der Waals surface area (Å²) >= 11 is 0. The molecule has 0 bridgehead atoms. The predicted molar refractivity (Wildman–Crippen MR) is 55.2 cm³/mol. The minimum absolute atomic E-state index is 0.0719. The van der Waals surface area contributed by atoms with Gasteiger partial charge in [-0.2, -0.15) is 0 Å². The van der Waals surface area contributed by atoms with Gasteiger partial charge in [0, 0.05) is 19.0 Å². The van der Waals surface area contributed by atoms with Gasteiger partial charge in [0.1, 0.15) is 5.60 Å². The molecule has 0 radical (unpaired) electrons. The Hall–Kier alpha value is -1.26. The molecule has 0 spiro atoms. The molecule has 0 aliphatic carbocycles. The highest BCUT2D eigenvalue weighted by Crippen LogP contribution is 2.23. The number of ether oxygens (including phenoxy) is 1. The number of nitrogens with zero attached hydrogens (tertiary/aromatic N) is 1. The molecule has 1 unspecified atom stereocenters. The fraction of sp³-hybridized carbons (Fsp3) is 0.800. The van der Waals surface area contributed by atoms with Gasteiger partial charge >= 0.3 is 6.09 Å². The molecule has 1 fully saturated rings. The lowest BCUT2D eigenvalue weighted by Crippen LogP contribution is -2.53. The van der Waals surface area contributed by atoms with Crippen molar-refractivity contribution in [3.05, 3.63) is 0 Å². The molecule has 15 heavy (non-hydrogen) atoms. The van der Waals surface area contributed by atoms with Crippen LogP contribution in [0, 0.1) is 0 Å². The number of hydrogen-bond acceptors (Lipinski definition) is 3. The molecule has 0 aromatic rings. The second kappa shape index (κ2) is 4.08. The number of hydrogen-bond donors (Lipinski definition) is 1. The molecule has 1 saturated heterocycles. The van der Waals surface area contributed by atoms with Crippen LogP contribution in [0.15, 0.2) is 0 Å². The lowest BCUT2D eigenvalue weighted by Gasteiger charge is -2.40. The number of carbonyl (C=O) groups excluding carboxylic acids is 2. The Balaban J connectivity index is 2.44. The Labute approximate surface area is 89.6 Å². The number of primary amides is 1. The van der Waals surface area contributed by atoms with Gasteiger partial charge in [-0.25, -0.2) is 4.79 Å². The van der Waals surface area contributed by atoms with Crippen molar-refractivity contribution in [2.75, 3.05) is 6.54 Å². The fourth-order valence-corrected chi connectivity index (χ4v) is 1.45. The molecule has 0 saturated carbocycles. The van der Waals surface area contributed by atoms with Crippen molar-refractivity contribution in [2.24, 2.45) is 5.73 Å². The number of amides is 2. The van der Waals surface area contributed by atoms with Crippen molar-refractivity contribution in [3.63, 3.8) is 0 Å². The maximum Gasteiger partial charge on any atom is 0.410 e. The molecule has 2 N–H and O–H groups in total. The SMILES string of the molecule is CC(C)(C)OC(=O)N1CCC1CC(N)=O. The third kappa shape index (κ3) is 3.42. The first-order valence-electron chi connectivity index (χ1n) is 5.07. The summed E-state index contributed by atoms with van der Waals surface area (Å²) in [5.41, 5.74) is 4.58. The summed E-state index contributed by atoms with van der Waals surface area (Å²) in [7, 11) is 0. The number of nitrogens with two attached hydrogens (primary N) is 1. The topological polar surface area (TPSA) is 72.6 Å². The molecule has 86 valence electrons. The van der Waals surface area contributed by atoms with Gasteiger partial charge in [0.2, 0.25) is 5.91 Å². The zero-order chi connectivity index (χ0) is 11.6. The van der Waals surface area contributed by atoms with E-state index in [1.54, 1.807) is 4.90 Å². The van der Waals surface area contributed by atoms with Crippen molar-refractivity contribution < 1.29 is 14.3 Å². The normalized spacial score (nSPS) is 20.7. The molecule has 5 nitrogen and oxygen atoms in total. The first kappa shape index (κ1) is 11.8. The molecule has 0 aromatic carbocycles. The first-order chi connectivity index (χ1) is 6.79. The average molecular weight is 214 g/mol. The number of rotatable bonds is 2. The van der Waals surface area contributed by atoms with Crippen LogP contribution in [0.4, 0.5) is 4.79 Å². The van der Waals surface area contributed by atoms with Crippen LogP contribution >= 0.6 is 0 Å². The van der Waals surface area contributed by atoms with E-state index in [0.717, 1.165) is 6.42 Å². The molecule has 1 rings (SSSR count). The van der Waals surface area contributed by atoms with Gasteiger partial charge in [-0.05, 0) is 27.2 Å². The molecule has 1 atom stereocenters. The van der Waals surface area contributed by atoms with Crippen LogP contribution in [0.2, 0.25) is 0 Å². The van der Waals surface area contributed by atoms with Gasteiger partial charge in [0.25, 0.3) is 0 Å². The Morgan fingerprint density at radius 3 is 2.40 bits per heavy atom. The van der Waals surface area contributed by atoms with E-state index in [2.05, 4.69) is 0 Å². The monoisotopic (exact) mass is 214 g/mol. The highest BCUT2D eigenvalue weighted by Gasteiger charge is 2.35. The van der Waals surface area contributed by atoms with Crippen LogP contribution in [0.1, 0.15) is 33.6 Å². The Kier molecular flexibility index (Phi) is 3.21. The molecule has 0 aromatic heterocycles. The third-order valence-corrected chi connectivity index (χ3v) is 2.21. The highest BCUT2D eigenvalue weighted by molar-refractivity contribution is 5.76. The van der Waals surface area contributed by atoms with E-state index in [4.69, 9.17) is 10.5 Å². The summed E-state index contributed by atoms with van der Waals surface area (Å²) in [6.45, 7) is 6.09. The lowest BCUT2D eigenvalue weighted by molar-refractivity contribution is -0.120. The lowest BCUT2D eigenvalue weighted by atomic mass is 10.0. The van der Waals surface area contributed by atoms with Crippen LogP contribution in [-0.4, -0.2) is 35.1 Å². The Morgan fingerprint density at radius 1 is 1.47 bits per heavy atom. The second-order valence-corrected chi connectivity index (χ2v) is 4.79. The van der Waals surface area contributed by atoms with E-state index >= 15 is 0 Å². The van der Waals surface area contributed by atoms with Crippen LogP contribution in [0.5, 0.6) is 0 Å². The van der Waals surface area contributed by atoms with Crippen LogP contribution < -0.4 is 5.73 Å². The third-order valence-electron chi connectivity index (χ3n) is 2.21. The highest BCUT2D eigenvalue weighted by atomic mass is 16.6. The van der Waals surface area contributed by atoms with E-state index in [0.29, 0.717) is 6.54 Å². The molecule has 1 aliphatic rings. The van der Waals surface area contributed by atoms with Crippen molar-refractivity contribution >= 4 is 12.0 Å². The predicted octanol–water partition coefficient (Wildman–Crippen LogP) is 0.871. The molecule has 1 heterocycles. The van der Waals surface area contributed by atoms with Crippen molar-refractivity contribution in [1.29, 1.82) is 0 Å². The van der Waals surface area contributed by atoms with E-state index in [1.807, 2.05) is 20.8 Å².